The summed E-state index contributed by atoms with van der Waals surface area (Å²) in [5, 5.41) is 27.1. The number of benzene rings is 4. The number of carbonyl (C=O) groups excluding carboxylic acids is 1. The topological polar surface area (TPSA) is 99.0 Å². The summed E-state index contributed by atoms with van der Waals surface area (Å²) in [6, 6.07) is 23.3. The number of aryl methyl sites for hydroxylation is 1. The van der Waals surface area contributed by atoms with Gasteiger partial charge in [-0.15, -0.1) is 4.91 Å². The van der Waals surface area contributed by atoms with Crippen LogP contribution in [-0.2, 0) is 11.8 Å². The lowest BCUT2D eigenvalue weighted by Gasteiger charge is -2.22. The standard InChI is InChI=1S/C34H36N2O4S.C2H6/c1-20(2)25-12-8-7-11-22(25)18-23-19-26(31(37)32(38)30(23)36-40)33(39)35-28-16-15-24(17-21(28)3)41-29-14-10-9-13-27(29)34(4,5)6;1-2/h7-17,19-20,37-38H,18H2,1-6H3,(H,35,39);1-2H3. The smallest absolute Gasteiger partial charge is 0.259 e. The van der Waals surface area contributed by atoms with Crippen molar-refractivity contribution in [1.82, 2.24) is 0 Å². The van der Waals surface area contributed by atoms with Gasteiger partial charge < -0.3 is 15.5 Å². The molecule has 0 fully saturated rings. The van der Waals surface area contributed by atoms with Crippen LogP contribution in [0, 0.1) is 11.8 Å². The van der Waals surface area contributed by atoms with Crippen molar-refractivity contribution in [2.45, 2.75) is 82.9 Å². The number of aromatic hydroxyl groups is 2. The lowest BCUT2D eigenvalue weighted by Crippen LogP contribution is -2.14. The second-order valence-corrected chi connectivity index (χ2v) is 12.6. The number of carbonyl (C=O) groups is 1. The van der Waals surface area contributed by atoms with E-state index in [1.54, 1.807) is 11.8 Å². The van der Waals surface area contributed by atoms with Gasteiger partial charge in [-0.2, -0.15) is 0 Å². The Morgan fingerprint density at radius 2 is 1.56 bits per heavy atom. The Morgan fingerprint density at radius 3 is 2.19 bits per heavy atom. The van der Waals surface area contributed by atoms with Crippen LogP contribution in [0.5, 0.6) is 11.5 Å². The van der Waals surface area contributed by atoms with Gasteiger partial charge in [0, 0.05) is 21.9 Å². The molecule has 0 spiro atoms. The number of nitrogens with one attached hydrogen (secondary N) is 1. The molecular formula is C36H42N2O4S. The van der Waals surface area contributed by atoms with Gasteiger partial charge in [0.1, 0.15) is 0 Å². The monoisotopic (exact) mass is 598 g/mol. The molecule has 0 bridgehead atoms. The third kappa shape index (κ3) is 7.85. The number of phenols is 2. The average Bonchev–Trinajstić information content (AvgIpc) is 2.97. The average molecular weight is 599 g/mol. The van der Waals surface area contributed by atoms with Crippen molar-refractivity contribution < 1.29 is 15.0 Å². The van der Waals surface area contributed by atoms with E-state index >= 15 is 0 Å². The summed E-state index contributed by atoms with van der Waals surface area (Å²) in [4.78, 5) is 27.2. The minimum Gasteiger partial charge on any atom is -0.504 e. The zero-order valence-corrected chi connectivity index (χ0v) is 27.1. The Balaban J connectivity index is 0.00000248. The van der Waals surface area contributed by atoms with Crippen molar-refractivity contribution >= 4 is 29.0 Å². The molecule has 43 heavy (non-hydrogen) atoms. The van der Waals surface area contributed by atoms with Gasteiger partial charge in [-0.1, -0.05) is 103 Å². The Hall–Kier alpha value is -4.10. The summed E-state index contributed by atoms with van der Waals surface area (Å²) in [5.41, 5.74) is 4.66. The molecule has 4 aromatic rings. The molecule has 0 unspecified atom stereocenters. The molecule has 1 amide bonds. The minimum atomic E-state index is -0.703. The van der Waals surface area contributed by atoms with E-state index in [4.69, 9.17) is 0 Å². The van der Waals surface area contributed by atoms with E-state index in [1.807, 2.05) is 75.4 Å². The first kappa shape index (κ1) is 33.4. The molecule has 7 heteroatoms. The molecule has 0 aliphatic carbocycles. The molecule has 226 valence electrons. The lowest BCUT2D eigenvalue weighted by atomic mass is 9.87. The van der Waals surface area contributed by atoms with Crippen LogP contribution in [0.15, 0.2) is 87.8 Å². The van der Waals surface area contributed by atoms with E-state index < -0.39 is 17.4 Å². The summed E-state index contributed by atoms with van der Waals surface area (Å²) in [6.45, 7) is 16.6. The summed E-state index contributed by atoms with van der Waals surface area (Å²) < 4.78 is 0. The second kappa shape index (κ2) is 14.4. The van der Waals surface area contributed by atoms with E-state index in [2.05, 4.69) is 57.2 Å². The summed E-state index contributed by atoms with van der Waals surface area (Å²) in [7, 11) is 0. The number of hydrogen-bond donors (Lipinski definition) is 3. The summed E-state index contributed by atoms with van der Waals surface area (Å²) in [5.74, 6) is -1.75. The Morgan fingerprint density at radius 1 is 0.907 bits per heavy atom. The van der Waals surface area contributed by atoms with E-state index in [9.17, 15) is 19.9 Å². The molecule has 4 rings (SSSR count). The van der Waals surface area contributed by atoms with Crippen LogP contribution in [-0.4, -0.2) is 16.1 Å². The maximum atomic E-state index is 13.4. The molecule has 4 aromatic carbocycles. The SMILES string of the molecule is CC.Cc1cc(Sc2ccccc2C(C)(C)C)ccc1NC(=O)c1cc(Cc2ccccc2C(C)C)c(N=O)c(O)c1O. The highest BCUT2D eigenvalue weighted by molar-refractivity contribution is 7.99. The van der Waals surface area contributed by atoms with Crippen LogP contribution < -0.4 is 5.32 Å². The van der Waals surface area contributed by atoms with E-state index in [-0.39, 0.29) is 29.0 Å². The first-order valence-corrected chi connectivity index (χ1v) is 15.4. The normalized spacial score (nSPS) is 11.1. The highest BCUT2D eigenvalue weighted by Gasteiger charge is 2.24. The molecule has 0 radical (unpaired) electrons. The number of nitrogens with zero attached hydrogens (tertiary/aromatic N) is 1. The second-order valence-electron chi connectivity index (χ2n) is 11.5. The largest absolute Gasteiger partial charge is 0.504 e. The lowest BCUT2D eigenvalue weighted by molar-refractivity contribution is 0.102. The Bertz CT molecular complexity index is 1610. The molecule has 0 atom stereocenters. The highest BCUT2D eigenvalue weighted by atomic mass is 32.2. The Kier molecular flexibility index (Phi) is 11.2. The van der Waals surface area contributed by atoms with Gasteiger partial charge in [0.25, 0.3) is 5.91 Å². The van der Waals surface area contributed by atoms with Crippen molar-refractivity contribution in [2.24, 2.45) is 5.18 Å². The molecule has 3 N–H and O–H groups in total. The quantitative estimate of drug-likeness (QED) is 0.138. The van der Waals surface area contributed by atoms with Gasteiger partial charge >= 0.3 is 0 Å². The maximum absolute atomic E-state index is 13.4. The molecule has 0 heterocycles. The number of amides is 1. The van der Waals surface area contributed by atoms with E-state index in [0.717, 1.165) is 21.6 Å². The molecule has 0 aliphatic heterocycles. The highest BCUT2D eigenvalue weighted by Crippen LogP contribution is 2.43. The fraction of sp³-hybridized carbons (Fsp3) is 0.306. The molecule has 0 aliphatic rings. The summed E-state index contributed by atoms with van der Waals surface area (Å²) >= 11 is 1.67. The predicted molar refractivity (Wildman–Crippen MR) is 178 cm³/mol. The van der Waals surface area contributed by atoms with Crippen molar-refractivity contribution in [3.8, 4) is 11.5 Å². The zero-order valence-electron chi connectivity index (χ0n) is 26.3. The van der Waals surface area contributed by atoms with Gasteiger partial charge in [0.15, 0.2) is 17.2 Å². The Labute approximate surface area is 259 Å². The van der Waals surface area contributed by atoms with E-state index in [0.29, 0.717) is 11.3 Å². The van der Waals surface area contributed by atoms with Gasteiger partial charge in [-0.05, 0) is 81.6 Å². The van der Waals surface area contributed by atoms with Crippen LogP contribution in [0.4, 0.5) is 11.4 Å². The number of anilines is 1. The fourth-order valence-corrected chi connectivity index (χ4v) is 6.16. The minimum absolute atomic E-state index is 0.00471. The number of nitroso groups, excluding NO2 is 1. The van der Waals surface area contributed by atoms with Crippen LogP contribution >= 0.6 is 11.8 Å². The number of phenolic OH excluding ortho intramolecular Hbond substituents is 2. The first-order valence-electron chi connectivity index (χ1n) is 14.6. The number of hydrogen-bond acceptors (Lipinski definition) is 6. The van der Waals surface area contributed by atoms with Crippen LogP contribution in [0.3, 0.4) is 0 Å². The summed E-state index contributed by atoms with van der Waals surface area (Å²) in [6.07, 6.45) is 0.268. The third-order valence-electron chi connectivity index (χ3n) is 7.09. The van der Waals surface area contributed by atoms with Crippen LogP contribution in [0.1, 0.15) is 92.6 Å². The van der Waals surface area contributed by atoms with Gasteiger partial charge in [0.05, 0.1) is 5.56 Å². The third-order valence-corrected chi connectivity index (χ3v) is 8.15. The molecule has 6 nitrogen and oxygen atoms in total. The molecule has 0 saturated carbocycles. The predicted octanol–water partition coefficient (Wildman–Crippen LogP) is 10.2. The van der Waals surface area contributed by atoms with Crippen molar-refractivity contribution in [2.75, 3.05) is 5.32 Å². The molecule has 0 aromatic heterocycles. The van der Waals surface area contributed by atoms with Crippen LogP contribution in [0.25, 0.3) is 0 Å². The van der Waals surface area contributed by atoms with Crippen molar-refractivity contribution in [3.63, 3.8) is 0 Å². The van der Waals surface area contributed by atoms with Gasteiger partial charge in [0.2, 0.25) is 0 Å². The first-order chi connectivity index (χ1) is 20.4. The molecule has 0 saturated heterocycles. The molecular weight excluding hydrogens is 556 g/mol. The maximum Gasteiger partial charge on any atom is 0.259 e. The zero-order chi connectivity index (χ0) is 31.9. The van der Waals surface area contributed by atoms with Gasteiger partial charge in [-0.25, -0.2) is 0 Å². The van der Waals surface area contributed by atoms with E-state index in [1.165, 1.54) is 16.5 Å². The van der Waals surface area contributed by atoms with Gasteiger partial charge in [-0.3, -0.25) is 4.79 Å². The number of rotatable bonds is 8. The van der Waals surface area contributed by atoms with Crippen molar-refractivity contribution in [3.05, 3.63) is 111 Å². The van der Waals surface area contributed by atoms with Crippen LogP contribution in [0.2, 0.25) is 0 Å². The fourth-order valence-electron chi connectivity index (χ4n) is 4.91. The van der Waals surface area contributed by atoms with Crippen molar-refractivity contribution in [1.29, 1.82) is 0 Å².